The van der Waals surface area contributed by atoms with Crippen LogP contribution in [0.4, 0.5) is 5.69 Å². The third-order valence-corrected chi connectivity index (χ3v) is 3.07. The highest BCUT2D eigenvalue weighted by atomic mass is 16.5. The van der Waals surface area contributed by atoms with Crippen molar-refractivity contribution in [3.05, 3.63) is 29.3 Å². The van der Waals surface area contributed by atoms with Crippen LogP contribution in [-0.4, -0.2) is 19.1 Å². The normalized spacial score (nSPS) is 13.3. The zero-order chi connectivity index (χ0) is 13.7. The molecule has 1 rings (SSSR count). The van der Waals surface area contributed by atoms with Crippen molar-refractivity contribution in [2.45, 2.75) is 26.8 Å². The Kier molecular flexibility index (Phi) is 4.73. The Hall–Kier alpha value is -2.02. The maximum Gasteiger partial charge on any atom is 0.310 e. The van der Waals surface area contributed by atoms with Crippen LogP contribution in [0, 0.1) is 24.2 Å². The van der Waals surface area contributed by atoms with Crippen molar-refractivity contribution in [2.75, 3.05) is 12.4 Å². The lowest BCUT2D eigenvalue weighted by Gasteiger charge is -2.21. The lowest BCUT2D eigenvalue weighted by molar-refractivity contribution is -0.145. The predicted molar refractivity (Wildman–Crippen MR) is 70.2 cm³/mol. The van der Waals surface area contributed by atoms with Gasteiger partial charge in [-0.05, 0) is 38.5 Å². The lowest BCUT2D eigenvalue weighted by Crippen LogP contribution is -2.31. The van der Waals surface area contributed by atoms with Crippen LogP contribution in [-0.2, 0) is 9.53 Å². The average Bonchev–Trinajstić information content (AvgIpc) is 2.39. The fraction of sp³-hybridized carbons (Fsp3) is 0.429. The molecule has 0 saturated heterocycles. The number of aryl methyl sites for hydroxylation is 1. The quantitative estimate of drug-likeness (QED) is 0.829. The number of nitriles is 1. The number of carbonyl (C=O) groups is 1. The van der Waals surface area contributed by atoms with E-state index in [9.17, 15) is 4.79 Å². The molecule has 4 heteroatoms. The molecule has 0 saturated carbocycles. The Morgan fingerprint density at radius 1 is 1.44 bits per heavy atom. The number of nitrogens with zero attached hydrogens (tertiary/aromatic N) is 1. The zero-order valence-corrected chi connectivity index (χ0v) is 11.2. The molecule has 0 aliphatic rings. The van der Waals surface area contributed by atoms with Crippen LogP contribution in [0.25, 0.3) is 0 Å². The second-order valence-electron chi connectivity index (χ2n) is 4.39. The Morgan fingerprint density at radius 3 is 2.67 bits per heavy atom. The highest BCUT2D eigenvalue weighted by Gasteiger charge is 2.21. The van der Waals surface area contributed by atoms with Crippen molar-refractivity contribution in [3.8, 4) is 6.07 Å². The van der Waals surface area contributed by atoms with Crippen molar-refractivity contribution >= 4 is 11.7 Å². The van der Waals surface area contributed by atoms with E-state index in [1.54, 1.807) is 12.1 Å². The number of benzene rings is 1. The molecule has 0 aliphatic heterocycles. The van der Waals surface area contributed by atoms with Crippen molar-refractivity contribution in [1.29, 1.82) is 5.26 Å². The summed E-state index contributed by atoms with van der Waals surface area (Å²) >= 11 is 0. The molecule has 0 heterocycles. The largest absolute Gasteiger partial charge is 0.469 e. The Morgan fingerprint density at radius 2 is 2.11 bits per heavy atom. The van der Waals surface area contributed by atoms with Gasteiger partial charge in [-0.25, -0.2) is 0 Å². The molecule has 2 atom stereocenters. The Bertz CT molecular complexity index is 477. The molecule has 1 aromatic rings. The number of nitrogens with one attached hydrogen (secondary N) is 1. The number of ether oxygens (including phenoxy) is 1. The molecule has 4 nitrogen and oxygen atoms in total. The van der Waals surface area contributed by atoms with Crippen LogP contribution in [0.3, 0.4) is 0 Å². The van der Waals surface area contributed by atoms with E-state index in [0.29, 0.717) is 5.56 Å². The van der Waals surface area contributed by atoms with Gasteiger partial charge in [0.1, 0.15) is 0 Å². The summed E-state index contributed by atoms with van der Waals surface area (Å²) in [5.41, 5.74) is 2.51. The van der Waals surface area contributed by atoms with E-state index in [1.807, 2.05) is 26.8 Å². The smallest absolute Gasteiger partial charge is 0.310 e. The first-order valence-corrected chi connectivity index (χ1v) is 5.84. The number of rotatable bonds is 4. The highest BCUT2D eigenvalue weighted by Crippen LogP contribution is 2.19. The molecule has 18 heavy (non-hydrogen) atoms. The zero-order valence-electron chi connectivity index (χ0n) is 11.2. The maximum atomic E-state index is 11.4. The third-order valence-electron chi connectivity index (χ3n) is 3.07. The molecule has 0 aliphatic carbocycles. The van der Waals surface area contributed by atoms with Crippen LogP contribution in [0.1, 0.15) is 25.0 Å². The van der Waals surface area contributed by atoms with Crippen LogP contribution in [0.2, 0.25) is 0 Å². The van der Waals surface area contributed by atoms with Gasteiger partial charge in [-0.3, -0.25) is 4.79 Å². The van der Waals surface area contributed by atoms with Gasteiger partial charge in [0.15, 0.2) is 0 Å². The highest BCUT2D eigenvalue weighted by molar-refractivity contribution is 5.73. The van der Waals surface area contributed by atoms with E-state index in [4.69, 9.17) is 10.00 Å². The fourth-order valence-corrected chi connectivity index (χ4v) is 1.61. The van der Waals surface area contributed by atoms with E-state index >= 15 is 0 Å². The topological polar surface area (TPSA) is 62.1 Å². The van der Waals surface area contributed by atoms with Gasteiger partial charge in [-0.15, -0.1) is 0 Å². The van der Waals surface area contributed by atoms with E-state index in [0.717, 1.165) is 11.3 Å². The minimum Gasteiger partial charge on any atom is -0.469 e. The molecular weight excluding hydrogens is 228 g/mol. The van der Waals surface area contributed by atoms with Crippen LogP contribution >= 0.6 is 0 Å². The molecule has 1 aromatic carbocycles. The summed E-state index contributed by atoms with van der Waals surface area (Å²) < 4.78 is 4.71. The van der Waals surface area contributed by atoms with Crippen LogP contribution < -0.4 is 5.32 Å². The SMILES string of the molecule is COC(=O)C(C)C(C)Nc1cc(C#N)ccc1C. The maximum absolute atomic E-state index is 11.4. The third kappa shape index (κ3) is 3.24. The molecule has 2 unspecified atom stereocenters. The number of anilines is 1. The predicted octanol–water partition coefficient (Wildman–Crippen LogP) is 2.48. The lowest BCUT2D eigenvalue weighted by atomic mass is 10.0. The van der Waals surface area contributed by atoms with Gasteiger partial charge in [0.2, 0.25) is 0 Å². The summed E-state index contributed by atoms with van der Waals surface area (Å²) in [6.45, 7) is 5.69. The van der Waals surface area contributed by atoms with Gasteiger partial charge < -0.3 is 10.1 Å². The first-order chi connectivity index (χ1) is 8.49. The van der Waals surface area contributed by atoms with Crippen LogP contribution in [0.5, 0.6) is 0 Å². The molecule has 96 valence electrons. The molecule has 1 N–H and O–H groups in total. The number of methoxy groups -OCH3 is 1. The first kappa shape index (κ1) is 14.0. The second-order valence-corrected chi connectivity index (χ2v) is 4.39. The Balaban J connectivity index is 2.84. The van der Waals surface area contributed by atoms with Crippen molar-refractivity contribution < 1.29 is 9.53 Å². The summed E-state index contributed by atoms with van der Waals surface area (Å²) in [5, 5.41) is 12.1. The van der Waals surface area contributed by atoms with Gasteiger partial charge >= 0.3 is 5.97 Å². The minimum absolute atomic E-state index is 0.0647. The molecule has 0 spiro atoms. The number of carbonyl (C=O) groups excluding carboxylic acids is 1. The van der Waals surface area contributed by atoms with Crippen LogP contribution in [0.15, 0.2) is 18.2 Å². The van der Waals surface area contributed by atoms with E-state index < -0.39 is 0 Å². The summed E-state index contributed by atoms with van der Waals surface area (Å²) in [5.74, 6) is -0.496. The number of esters is 1. The summed E-state index contributed by atoms with van der Waals surface area (Å²) in [6.07, 6.45) is 0. The van der Waals surface area contributed by atoms with E-state index in [-0.39, 0.29) is 17.9 Å². The first-order valence-electron chi connectivity index (χ1n) is 5.84. The monoisotopic (exact) mass is 246 g/mol. The van der Waals surface area contributed by atoms with Gasteiger partial charge in [0.05, 0.1) is 24.7 Å². The van der Waals surface area contributed by atoms with Gasteiger partial charge in [0, 0.05) is 11.7 Å². The molecule has 0 amide bonds. The van der Waals surface area contributed by atoms with Gasteiger partial charge in [-0.1, -0.05) is 6.07 Å². The molecular formula is C14H18N2O2. The van der Waals surface area contributed by atoms with Crippen molar-refractivity contribution in [1.82, 2.24) is 0 Å². The van der Waals surface area contributed by atoms with Crippen molar-refractivity contribution in [3.63, 3.8) is 0 Å². The number of hydrogen-bond donors (Lipinski definition) is 1. The Labute approximate surface area is 108 Å². The molecule has 0 bridgehead atoms. The molecule has 0 radical (unpaired) electrons. The molecule has 0 aromatic heterocycles. The van der Waals surface area contributed by atoms with E-state index in [1.165, 1.54) is 7.11 Å². The fourth-order valence-electron chi connectivity index (χ4n) is 1.61. The minimum atomic E-state index is -0.250. The van der Waals surface area contributed by atoms with E-state index in [2.05, 4.69) is 11.4 Å². The second kappa shape index (κ2) is 6.06. The molecule has 0 fully saturated rings. The van der Waals surface area contributed by atoms with Gasteiger partial charge in [0.25, 0.3) is 0 Å². The summed E-state index contributed by atoms with van der Waals surface area (Å²) in [6, 6.07) is 7.48. The standard InChI is InChI=1S/C14H18N2O2/c1-9-5-6-12(8-15)7-13(9)16-11(3)10(2)14(17)18-4/h5-7,10-11,16H,1-4H3. The summed E-state index contributed by atoms with van der Waals surface area (Å²) in [4.78, 5) is 11.4. The number of hydrogen-bond acceptors (Lipinski definition) is 4. The van der Waals surface area contributed by atoms with Gasteiger partial charge in [-0.2, -0.15) is 5.26 Å². The summed E-state index contributed by atoms with van der Waals surface area (Å²) in [7, 11) is 1.38. The van der Waals surface area contributed by atoms with Crippen molar-refractivity contribution in [2.24, 2.45) is 5.92 Å². The average molecular weight is 246 g/mol.